The summed E-state index contributed by atoms with van der Waals surface area (Å²) in [4.78, 5) is 4.29. The van der Waals surface area contributed by atoms with E-state index in [4.69, 9.17) is 20.4 Å². The van der Waals surface area contributed by atoms with Gasteiger partial charge in [-0.3, -0.25) is 0 Å². The van der Waals surface area contributed by atoms with Gasteiger partial charge in [-0.05, 0) is 40.2 Å². The van der Waals surface area contributed by atoms with Gasteiger partial charge in [-0.2, -0.15) is 0 Å². The summed E-state index contributed by atoms with van der Waals surface area (Å²) in [5, 5.41) is 9.26. The fourth-order valence-electron chi connectivity index (χ4n) is 2.29. The first-order chi connectivity index (χ1) is 12.7. The first-order valence-corrected chi connectivity index (χ1v) is 9.76. The molecule has 4 rings (SSSR count). The number of aromatic nitrogens is 3. The minimum absolute atomic E-state index is 0.457. The number of hydrogen-bond acceptors (Lipinski definition) is 6. The number of hydrogen-bond donors (Lipinski definition) is 0. The Morgan fingerprint density at radius 3 is 2.77 bits per heavy atom. The van der Waals surface area contributed by atoms with Crippen molar-refractivity contribution in [3.63, 3.8) is 0 Å². The minimum atomic E-state index is 0.457. The van der Waals surface area contributed by atoms with Crippen molar-refractivity contribution >= 4 is 39.3 Å². The van der Waals surface area contributed by atoms with Crippen molar-refractivity contribution in [2.75, 3.05) is 0 Å². The Bertz CT molecular complexity index is 1050. The van der Waals surface area contributed by atoms with Crippen LogP contribution in [0.4, 0.5) is 0 Å². The predicted octanol–water partition coefficient (Wildman–Crippen LogP) is 6.10. The molecule has 2 aromatic heterocycles. The second kappa shape index (κ2) is 7.65. The van der Waals surface area contributed by atoms with Gasteiger partial charge in [0.2, 0.25) is 11.8 Å². The maximum absolute atomic E-state index is 6.01. The van der Waals surface area contributed by atoms with Crippen molar-refractivity contribution in [3.05, 3.63) is 70.1 Å². The number of thioether (sulfide) groups is 1. The second-order valence-corrected chi connectivity index (χ2v) is 7.49. The van der Waals surface area contributed by atoms with Crippen molar-refractivity contribution in [3.8, 4) is 22.8 Å². The van der Waals surface area contributed by atoms with E-state index in [0.29, 0.717) is 33.5 Å². The molecule has 0 amide bonds. The smallest absolute Gasteiger partial charge is 0.277 e. The van der Waals surface area contributed by atoms with Gasteiger partial charge in [-0.25, -0.2) is 4.98 Å². The number of oxazole rings is 1. The molecule has 0 fully saturated rings. The summed E-state index contributed by atoms with van der Waals surface area (Å²) in [7, 11) is 0. The molecule has 0 aliphatic heterocycles. The zero-order chi connectivity index (χ0) is 17.9. The molecule has 0 spiro atoms. The zero-order valence-electron chi connectivity index (χ0n) is 13.2. The van der Waals surface area contributed by atoms with E-state index in [-0.39, 0.29) is 0 Å². The Kier molecular flexibility index (Phi) is 5.10. The molecule has 2 heterocycles. The minimum Gasteiger partial charge on any atom is -0.440 e. The highest BCUT2D eigenvalue weighted by Crippen LogP contribution is 2.31. The summed E-state index contributed by atoms with van der Waals surface area (Å²) in [6.07, 6.45) is 1.68. The van der Waals surface area contributed by atoms with Crippen molar-refractivity contribution in [1.82, 2.24) is 15.2 Å². The normalized spacial score (nSPS) is 11.0. The lowest BCUT2D eigenvalue weighted by molar-refractivity contribution is 0.464. The van der Waals surface area contributed by atoms with Gasteiger partial charge in [0.05, 0.1) is 17.5 Å². The van der Waals surface area contributed by atoms with Gasteiger partial charge in [0, 0.05) is 15.1 Å². The molecular weight excluding hydrogens is 438 g/mol. The van der Waals surface area contributed by atoms with E-state index < -0.39 is 0 Å². The molecule has 0 bridgehead atoms. The SMILES string of the molecule is Clc1cccc(-c2cnc(CSc3nnc(-c4ccccc4Br)o3)o2)c1. The van der Waals surface area contributed by atoms with Crippen LogP contribution in [0.5, 0.6) is 0 Å². The molecule has 26 heavy (non-hydrogen) atoms. The highest BCUT2D eigenvalue weighted by Gasteiger charge is 2.13. The Morgan fingerprint density at radius 2 is 1.92 bits per heavy atom. The number of halogens is 2. The first-order valence-electron chi connectivity index (χ1n) is 7.61. The number of nitrogens with zero attached hydrogens (tertiary/aromatic N) is 3. The molecule has 8 heteroatoms. The average molecular weight is 449 g/mol. The Balaban J connectivity index is 1.45. The fraction of sp³-hybridized carbons (Fsp3) is 0.0556. The maximum Gasteiger partial charge on any atom is 0.277 e. The number of benzene rings is 2. The van der Waals surface area contributed by atoms with E-state index in [2.05, 4.69) is 31.1 Å². The molecule has 0 aliphatic carbocycles. The third-order valence-electron chi connectivity index (χ3n) is 3.49. The molecule has 0 aliphatic rings. The topological polar surface area (TPSA) is 65.0 Å². The molecule has 0 saturated carbocycles. The largest absolute Gasteiger partial charge is 0.440 e. The molecule has 130 valence electrons. The van der Waals surface area contributed by atoms with E-state index in [1.165, 1.54) is 11.8 Å². The predicted molar refractivity (Wildman–Crippen MR) is 104 cm³/mol. The van der Waals surface area contributed by atoms with Crippen LogP contribution in [-0.4, -0.2) is 15.2 Å². The molecule has 0 unspecified atom stereocenters. The van der Waals surface area contributed by atoms with Crippen LogP contribution in [0.15, 0.2) is 73.3 Å². The van der Waals surface area contributed by atoms with Crippen LogP contribution in [0.3, 0.4) is 0 Å². The van der Waals surface area contributed by atoms with Crippen LogP contribution in [-0.2, 0) is 5.75 Å². The lowest BCUT2D eigenvalue weighted by atomic mass is 10.2. The lowest BCUT2D eigenvalue weighted by Crippen LogP contribution is -1.79. The zero-order valence-corrected chi connectivity index (χ0v) is 16.4. The summed E-state index contributed by atoms with van der Waals surface area (Å²) >= 11 is 10.9. The maximum atomic E-state index is 6.01. The molecule has 4 aromatic rings. The Labute approximate surface area is 166 Å². The molecular formula is C18H11BrClN3O2S. The van der Waals surface area contributed by atoms with Gasteiger partial charge >= 0.3 is 0 Å². The quantitative estimate of drug-likeness (QED) is 0.344. The van der Waals surface area contributed by atoms with Gasteiger partial charge in [0.25, 0.3) is 5.22 Å². The fourth-order valence-corrected chi connectivity index (χ4v) is 3.55. The molecule has 0 atom stereocenters. The van der Waals surface area contributed by atoms with Crippen LogP contribution < -0.4 is 0 Å². The summed E-state index contributed by atoms with van der Waals surface area (Å²) in [5.41, 5.74) is 1.74. The van der Waals surface area contributed by atoms with Gasteiger partial charge in [0.1, 0.15) is 0 Å². The monoisotopic (exact) mass is 447 g/mol. The Morgan fingerprint density at radius 1 is 1.04 bits per heavy atom. The van der Waals surface area contributed by atoms with E-state index in [1.54, 1.807) is 6.20 Å². The highest BCUT2D eigenvalue weighted by atomic mass is 79.9. The van der Waals surface area contributed by atoms with Gasteiger partial charge < -0.3 is 8.83 Å². The van der Waals surface area contributed by atoms with E-state index >= 15 is 0 Å². The van der Waals surface area contributed by atoms with Gasteiger partial charge in [0.15, 0.2) is 5.76 Å². The summed E-state index contributed by atoms with van der Waals surface area (Å²) in [6, 6.07) is 15.1. The lowest BCUT2D eigenvalue weighted by Gasteiger charge is -1.97. The van der Waals surface area contributed by atoms with Crippen LogP contribution in [0, 0.1) is 0 Å². The molecule has 5 nitrogen and oxygen atoms in total. The van der Waals surface area contributed by atoms with Gasteiger partial charge in [-0.15, -0.1) is 10.2 Å². The molecule has 0 N–H and O–H groups in total. The molecule has 0 saturated heterocycles. The van der Waals surface area contributed by atoms with Crippen molar-refractivity contribution in [1.29, 1.82) is 0 Å². The second-order valence-electron chi connectivity index (χ2n) is 5.27. The standard InChI is InChI=1S/C18H11BrClN3O2S/c19-14-7-2-1-6-13(14)17-22-23-18(25-17)26-10-16-21-9-15(24-16)11-4-3-5-12(20)8-11/h1-9H,10H2. The van der Waals surface area contributed by atoms with Crippen LogP contribution >= 0.6 is 39.3 Å². The van der Waals surface area contributed by atoms with Crippen LogP contribution in [0.25, 0.3) is 22.8 Å². The highest BCUT2D eigenvalue weighted by molar-refractivity contribution is 9.10. The van der Waals surface area contributed by atoms with E-state index in [1.807, 2.05) is 48.5 Å². The molecule has 0 radical (unpaired) electrons. The summed E-state index contributed by atoms with van der Waals surface area (Å²) in [5.74, 6) is 2.19. The van der Waals surface area contributed by atoms with Crippen molar-refractivity contribution in [2.24, 2.45) is 0 Å². The average Bonchev–Trinajstić information content (AvgIpc) is 3.30. The van der Waals surface area contributed by atoms with E-state index in [9.17, 15) is 0 Å². The third kappa shape index (κ3) is 3.85. The van der Waals surface area contributed by atoms with Gasteiger partial charge in [-0.1, -0.05) is 47.6 Å². The molecule has 2 aromatic carbocycles. The van der Waals surface area contributed by atoms with Crippen molar-refractivity contribution in [2.45, 2.75) is 11.0 Å². The van der Waals surface area contributed by atoms with Crippen LogP contribution in [0.1, 0.15) is 5.89 Å². The first kappa shape index (κ1) is 17.3. The van der Waals surface area contributed by atoms with E-state index in [0.717, 1.165) is 15.6 Å². The Hall–Kier alpha value is -2.09. The number of rotatable bonds is 5. The summed E-state index contributed by atoms with van der Waals surface area (Å²) < 4.78 is 12.4. The van der Waals surface area contributed by atoms with Crippen LogP contribution in [0.2, 0.25) is 5.02 Å². The van der Waals surface area contributed by atoms with Crippen molar-refractivity contribution < 1.29 is 8.83 Å². The third-order valence-corrected chi connectivity index (χ3v) is 5.22. The summed E-state index contributed by atoms with van der Waals surface area (Å²) in [6.45, 7) is 0.